The van der Waals surface area contributed by atoms with Gasteiger partial charge < -0.3 is 5.32 Å². The van der Waals surface area contributed by atoms with Gasteiger partial charge in [-0.15, -0.1) is 11.8 Å². The molecule has 0 spiro atoms. The van der Waals surface area contributed by atoms with Gasteiger partial charge in [0.2, 0.25) is 5.91 Å². The van der Waals surface area contributed by atoms with Gasteiger partial charge in [-0.1, -0.05) is 29.3 Å². The second kappa shape index (κ2) is 5.07. The maximum absolute atomic E-state index is 11.6. The lowest BCUT2D eigenvalue weighted by Crippen LogP contribution is -2.12. The number of rotatable bonds is 1. The Labute approximate surface area is 123 Å². The molecular formula is C12H9Cl2N3OS. The quantitative estimate of drug-likeness (QED) is 0.847. The van der Waals surface area contributed by atoms with Gasteiger partial charge in [0.15, 0.2) is 0 Å². The smallest absolute Gasteiger partial charge is 0.235 e. The Balaban J connectivity index is 2.08. The first kappa shape index (κ1) is 12.8. The minimum absolute atomic E-state index is 0.0440. The number of nitrogens with zero attached hydrogens (tertiary/aromatic N) is 1. The molecule has 1 amide bonds. The summed E-state index contributed by atoms with van der Waals surface area (Å²) < 4.78 is 0. The summed E-state index contributed by atoms with van der Waals surface area (Å²) >= 11 is 13.7. The summed E-state index contributed by atoms with van der Waals surface area (Å²) in [5.41, 5.74) is 1.84. The second-order valence-corrected chi connectivity index (χ2v) is 6.04. The van der Waals surface area contributed by atoms with Crippen LogP contribution in [-0.4, -0.2) is 21.9 Å². The molecule has 2 aromatic rings. The van der Waals surface area contributed by atoms with E-state index in [1.54, 1.807) is 18.3 Å². The van der Waals surface area contributed by atoms with E-state index in [-0.39, 0.29) is 11.2 Å². The number of aromatic amines is 1. The van der Waals surface area contributed by atoms with Crippen LogP contribution in [-0.2, 0) is 4.79 Å². The fraction of sp³-hybridized carbons (Fsp3) is 0.167. The number of fused-ring (bicyclic) bond motifs is 1. The van der Waals surface area contributed by atoms with E-state index in [1.807, 2.05) is 6.07 Å². The molecule has 19 heavy (non-hydrogen) atoms. The Morgan fingerprint density at radius 3 is 2.95 bits per heavy atom. The topological polar surface area (TPSA) is 57.8 Å². The zero-order valence-electron chi connectivity index (χ0n) is 9.61. The van der Waals surface area contributed by atoms with E-state index in [0.29, 0.717) is 21.6 Å². The summed E-state index contributed by atoms with van der Waals surface area (Å²) in [4.78, 5) is 11.6. The van der Waals surface area contributed by atoms with Crippen molar-refractivity contribution in [3.05, 3.63) is 45.6 Å². The standard InChI is InChI=1S/C12H9Cl2N3OS/c13-6-1-2-7(9(14)3-6)11-8-4-15-17-12(8)16-10(18)5-19-11/h1-4,11H,5H2,(H2,15,16,17,18). The van der Waals surface area contributed by atoms with Crippen molar-refractivity contribution in [3.63, 3.8) is 0 Å². The summed E-state index contributed by atoms with van der Waals surface area (Å²) in [6.45, 7) is 0. The first-order valence-electron chi connectivity index (χ1n) is 5.55. The fourth-order valence-electron chi connectivity index (χ4n) is 1.99. The van der Waals surface area contributed by atoms with Crippen LogP contribution in [0.1, 0.15) is 16.4 Å². The van der Waals surface area contributed by atoms with Gasteiger partial charge in [-0.05, 0) is 17.7 Å². The predicted octanol–water partition coefficient (Wildman–Crippen LogP) is 3.49. The van der Waals surface area contributed by atoms with Gasteiger partial charge in [0.25, 0.3) is 0 Å². The number of carbonyl (C=O) groups excluding carboxylic acids is 1. The highest BCUT2D eigenvalue weighted by atomic mass is 35.5. The van der Waals surface area contributed by atoms with Gasteiger partial charge in [-0.25, -0.2) is 0 Å². The highest BCUT2D eigenvalue weighted by Crippen LogP contribution is 2.43. The summed E-state index contributed by atoms with van der Waals surface area (Å²) in [6, 6.07) is 5.39. The number of nitrogens with one attached hydrogen (secondary N) is 2. The van der Waals surface area contributed by atoms with Crippen LogP contribution in [0.2, 0.25) is 10.0 Å². The molecule has 0 bridgehead atoms. The Kier molecular flexibility index (Phi) is 3.43. The minimum atomic E-state index is -0.0527. The molecule has 1 aromatic heterocycles. The lowest BCUT2D eigenvalue weighted by molar-refractivity contribution is -0.113. The van der Waals surface area contributed by atoms with Crippen LogP contribution in [0.15, 0.2) is 24.4 Å². The van der Waals surface area contributed by atoms with E-state index in [1.165, 1.54) is 11.8 Å². The van der Waals surface area contributed by atoms with Gasteiger partial charge in [0.1, 0.15) is 5.82 Å². The van der Waals surface area contributed by atoms with Crippen molar-refractivity contribution in [2.75, 3.05) is 11.1 Å². The van der Waals surface area contributed by atoms with Crippen molar-refractivity contribution in [1.82, 2.24) is 10.2 Å². The van der Waals surface area contributed by atoms with E-state index in [0.717, 1.165) is 11.1 Å². The monoisotopic (exact) mass is 313 g/mol. The van der Waals surface area contributed by atoms with Crippen LogP contribution in [0, 0.1) is 0 Å². The zero-order valence-corrected chi connectivity index (χ0v) is 11.9. The molecule has 0 aliphatic carbocycles. The number of carbonyl (C=O) groups is 1. The average Bonchev–Trinajstić information content (AvgIpc) is 2.74. The lowest BCUT2D eigenvalue weighted by atomic mass is 10.1. The van der Waals surface area contributed by atoms with Crippen molar-refractivity contribution >= 4 is 46.7 Å². The van der Waals surface area contributed by atoms with Crippen LogP contribution < -0.4 is 5.32 Å². The summed E-state index contributed by atoms with van der Waals surface area (Å²) in [6.07, 6.45) is 1.71. The van der Waals surface area contributed by atoms with Crippen LogP contribution in [0.5, 0.6) is 0 Å². The molecule has 1 aromatic carbocycles. The third kappa shape index (κ3) is 2.45. The molecule has 2 heterocycles. The minimum Gasteiger partial charge on any atom is -0.310 e. The molecule has 1 atom stereocenters. The molecule has 3 rings (SSSR count). The predicted molar refractivity (Wildman–Crippen MR) is 78.0 cm³/mol. The number of thioether (sulfide) groups is 1. The molecule has 0 saturated carbocycles. The molecule has 98 valence electrons. The first-order valence-corrected chi connectivity index (χ1v) is 7.35. The number of aromatic nitrogens is 2. The van der Waals surface area contributed by atoms with Crippen LogP contribution >= 0.6 is 35.0 Å². The number of hydrogen-bond acceptors (Lipinski definition) is 3. The molecular weight excluding hydrogens is 305 g/mol. The zero-order chi connectivity index (χ0) is 13.4. The molecule has 0 saturated heterocycles. The number of H-pyrrole nitrogens is 1. The van der Waals surface area contributed by atoms with Gasteiger partial charge in [-0.2, -0.15) is 5.10 Å². The maximum atomic E-state index is 11.6. The number of halogens is 2. The normalized spacial score (nSPS) is 18.6. The van der Waals surface area contributed by atoms with Gasteiger partial charge in [-0.3, -0.25) is 9.89 Å². The Morgan fingerprint density at radius 1 is 1.32 bits per heavy atom. The first-order chi connectivity index (χ1) is 9.15. The van der Waals surface area contributed by atoms with Crippen LogP contribution in [0.25, 0.3) is 0 Å². The molecule has 1 aliphatic heterocycles. The van der Waals surface area contributed by atoms with Crippen molar-refractivity contribution in [2.24, 2.45) is 0 Å². The third-order valence-corrected chi connectivity index (χ3v) is 4.67. The molecule has 2 N–H and O–H groups in total. The van der Waals surface area contributed by atoms with E-state index < -0.39 is 0 Å². The Morgan fingerprint density at radius 2 is 2.16 bits per heavy atom. The maximum Gasteiger partial charge on any atom is 0.235 e. The molecule has 4 nitrogen and oxygen atoms in total. The SMILES string of the molecule is O=C1CSC(c2ccc(Cl)cc2Cl)c2cn[nH]c2N1. The molecule has 7 heteroatoms. The largest absolute Gasteiger partial charge is 0.310 e. The highest BCUT2D eigenvalue weighted by Gasteiger charge is 2.27. The average molecular weight is 314 g/mol. The number of amides is 1. The van der Waals surface area contributed by atoms with Gasteiger partial charge in [0, 0.05) is 15.6 Å². The lowest BCUT2D eigenvalue weighted by Gasteiger charge is -2.15. The Hall–Kier alpha value is -1.17. The number of anilines is 1. The third-order valence-electron chi connectivity index (χ3n) is 2.84. The molecule has 0 radical (unpaired) electrons. The number of hydrogen-bond donors (Lipinski definition) is 2. The molecule has 1 unspecified atom stereocenters. The van der Waals surface area contributed by atoms with E-state index >= 15 is 0 Å². The van der Waals surface area contributed by atoms with Crippen molar-refractivity contribution < 1.29 is 4.79 Å². The highest BCUT2D eigenvalue weighted by molar-refractivity contribution is 8.00. The summed E-state index contributed by atoms with van der Waals surface area (Å²) in [7, 11) is 0. The van der Waals surface area contributed by atoms with Gasteiger partial charge in [0.05, 0.1) is 17.2 Å². The fourth-order valence-corrected chi connectivity index (χ4v) is 3.71. The summed E-state index contributed by atoms with van der Waals surface area (Å²) in [5, 5.41) is 10.7. The van der Waals surface area contributed by atoms with E-state index in [2.05, 4.69) is 15.5 Å². The van der Waals surface area contributed by atoms with Crippen molar-refractivity contribution in [2.45, 2.75) is 5.25 Å². The molecule has 1 aliphatic rings. The molecule has 0 fully saturated rings. The second-order valence-electron chi connectivity index (χ2n) is 4.11. The van der Waals surface area contributed by atoms with Gasteiger partial charge >= 0.3 is 0 Å². The van der Waals surface area contributed by atoms with Crippen molar-refractivity contribution in [3.8, 4) is 0 Å². The van der Waals surface area contributed by atoms with Crippen molar-refractivity contribution in [1.29, 1.82) is 0 Å². The van der Waals surface area contributed by atoms with E-state index in [4.69, 9.17) is 23.2 Å². The summed E-state index contributed by atoms with van der Waals surface area (Å²) in [5.74, 6) is 0.945. The van der Waals surface area contributed by atoms with Crippen LogP contribution in [0.3, 0.4) is 0 Å². The number of benzene rings is 1. The van der Waals surface area contributed by atoms with Crippen LogP contribution in [0.4, 0.5) is 5.82 Å². The Bertz CT molecular complexity index is 644. The van der Waals surface area contributed by atoms with E-state index in [9.17, 15) is 4.79 Å².